The minimum Gasteiger partial charge on any atom is -0.461 e. The number of aromatic nitrogens is 2. The van der Waals surface area contributed by atoms with Gasteiger partial charge in [-0.25, -0.2) is 9.59 Å². The molecule has 0 aliphatic rings. The Morgan fingerprint density at radius 3 is 1.45 bits per heavy atom. The summed E-state index contributed by atoms with van der Waals surface area (Å²) in [5, 5.41) is 20.2. The molecule has 0 aliphatic carbocycles. The number of thioether (sulfide) groups is 2. The average Bonchev–Trinajstić information content (AvgIpc) is 3.38. The van der Waals surface area contributed by atoms with E-state index < -0.39 is 11.9 Å². The number of hydrogen-bond donors (Lipinski definition) is 0. The van der Waals surface area contributed by atoms with Crippen LogP contribution in [-0.4, -0.2) is 45.5 Å². The third-order valence-electron chi connectivity index (χ3n) is 6.36. The molecule has 40 heavy (non-hydrogen) atoms. The van der Waals surface area contributed by atoms with Crippen molar-refractivity contribution in [2.24, 2.45) is 0 Å². The van der Waals surface area contributed by atoms with Crippen molar-refractivity contribution in [3.63, 3.8) is 0 Å². The van der Waals surface area contributed by atoms with Crippen molar-refractivity contribution in [3.8, 4) is 12.1 Å². The Labute approximate surface area is 241 Å². The topological polar surface area (TPSA) is 109 Å². The minimum atomic E-state index is -0.486. The van der Waals surface area contributed by atoms with Crippen LogP contribution in [0.15, 0.2) is 34.3 Å². The Morgan fingerprint density at radius 2 is 1.12 bits per heavy atom. The van der Waals surface area contributed by atoms with E-state index in [0.29, 0.717) is 54.8 Å². The van der Waals surface area contributed by atoms with Gasteiger partial charge in [-0.15, -0.1) is 23.5 Å². The van der Waals surface area contributed by atoms with Gasteiger partial charge in [0.1, 0.15) is 23.5 Å². The molecule has 0 atom stereocenters. The predicted molar refractivity (Wildman–Crippen MR) is 157 cm³/mol. The number of hydrogen-bond acceptors (Lipinski definition) is 8. The van der Waals surface area contributed by atoms with Gasteiger partial charge in [0, 0.05) is 23.9 Å². The van der Waals surface area contributed by atoms with Gasteiger partial charge < -0.3 is 18.3 Å². The van der Waals surface area contributed by atoms with E-state index in [0.717, 1.165) is 22.3 Å². The fourth-order valence-corrected chi connectivity index (χ4v) is 7.31. The van der Waals surface area contributed by atoms with Gasteiger partial charge in [-0.2, -0.15) is 10.5 Å². The van der Waals surface area contributed by atoms with Crippen LogP contribution in [0.25, 0.3) is 11.0 Å². The summed E-state index contributed by atoms with van der Waals surface area (Å²) >= 11 is 2.78. The zero-order valence-electron chi connectivity index (χ0n) is 23.4. The summed E-state index contributed by atoms with van der Waals surface area (Å²) < 4.78 is 14.2. The lowest BCUT2D eigenvalue weighted by Gasteiger charge is -2.08. The van der Waals surface area contributed by atoms with Crippen LogP contribution in [0.1, 0.15) is 68.2 Å². The molecule has 4 aromatic rings. The molecular weight excluding hydrogens is 544 g/mol. The van der Waals surface area contributed by atoms with Crippen LogP contribution in [-0.2, 0) is 9.47 Å². The van der Waals surface area contributed by atoms with Crippen molar-refractivity contribution < 1.29 is 19.1 Å². The van der Waals surface area contributed by atoms with E-state index in [1.54, 1.807) is 22.6 Å². The normalized spacial score (nSPS) is 11.0. The van der Waals surface area contributed by atoms with Gasteiger partial charge in [-0.05, 0) is 63.8 Å². The van der Waals surface area contributed by atoms with Crippen molar-refractivity contribution in [1.29, 1.82) is 10.5 Å². The lowest BCUT2D eigenvalue weighted by Crippen LogP contribution is -2.10. The molecule has 0 amide bonds. The van der Waals surface area contributed by atoms with E-state index in [4.69, 9.17) is 9.47 Å². The highest BCUT2D eigenvalue weighted by Crippen LogP contribution is 2.38. The second-order valence-electron chi connectivity index (χ2n) is 9.31. The summed E-state index contributed by atoms with van der Waals surface area (Å²) in [5.74, 6) is 0.0517. The maximum atomic E-state index is 13.0. The van der Waals surface area contributed by atoms with Gasteiger partial charge in [-0.1, -0.05) is 12.1 Å². The average molecular weight is 575 g/mol. The molecule has 0 unspecified atom stereocenters. The zero-order valence-corrected chi connectivity index (χ0v) is 25.0. The van der Waals surface area contributed by atoms with Gasteiger partial charge in [0.25, 0.3) is 0 Å². The van der Waals surface area contributed by atoms with Crippen molar-refractivity contribution in [3.05, 3.63) is 69.3 Å². The second-order valence-corrected chi connectivity index (χ2v) is 11.5. The lowest BCUT2D eigenvalue weighted by molar-refractivity contribution is 0.0504. The quantitative estimate of drug-likeness (QED) is 0.128. The van der Waals surface area contributed by atoms with Crippen LogP contribution in [0.3, 0.4) is 0 Å². The number of carbonyl (C=O) groups excluding carboxylic acids is 2. The first-order chi connectivity index (χ1) is 19.2. The molecule has 8 nitrogen and oxygen atoms in total. The first-order valence-corrected chi connectivity index (χ1v) is 14.9. The Bertz CT molecular complexity index is 1610. The van der Waals surface area contributed by atoms with E-state index in [9.17, 15) is 20.1 Å². The number of carbonyl (C=O) groups is 2. The van der Waals surface area contributed by atoms with Crippen molar-refractivity contribution in [1.82, 2.24) is 8.80 Å². The summed E-state index contributed by atoms with van der Waals surface area (Å²) in [6, 6.07) is 8.56. The van der Waals surface area contributed by atoms with E-state index in [1.807, 2.05) is 52.2 Å². The molecule has 0 bridgehead atoms. The van der Waals surface area contributed by atoms with Crippen LogP contribution >= 0.6 is 23.5 Å². The third kappa shape index (κ3) is 5.17. The van der Waals surface area contributed by atoms with E-state index in [1.165, 1.54) is 23.5 Å². The summed E-state index contributed by atoms with van der Waals surface area (Å²) in [5.41, 5.74) is 6.62. The van der Waals surface area contributed by atoms with Gasteiger partial charge >= 0.3 is 11.9 Å². The molecule has 4 rings (SSSR count). The lowest BCUT2D eigenvalue weighted by atomic mass is 10.1. The molecule has 0 fully saturated rings. The van der Waals surface area contributed by atoms with E-state index in [-0.39, 0.29) is 13.2 Å². The third-order valence-corrected chi connectivity index (χ3v) is 8.81. The van der Waals surface area contributed by atoms with E-state index in [2.05, 4.69) is 12.1 Å². The molecule has 0 radical (unpaired) electrons. The molecule has 4 heterocycles. The molecule has 0 aliphatic heterocycles. The Morgan fingerprint density at radius 1 is 0.750 bits per heavy atom. The fourth-order valence-electron chi connectivity index (χ4n) is 5.03. The largest absolute Gasteiger partial charge is 0.461 e. The summed E-state index contributed by atoms with van der Waals surface area (Å²) in [6.45, 7) is 11.6. The highest BCUT2D eigenvalue weighted by molar-refractivity contribution is 8.03. The Kier molecular flexibility index (Phi) is 8.82. The number of rotatable bonds is 9. The number of fused-ring (bicyclic) bond motifs is 2. The molecule has 10 heteroatoms. The van der Waals surface area contributed by atoms with Crippen LogP contribution in [0, 0.1) is 50.4 Å². The minimum absolute atomic E-state index is 0.216. The van der Waals surface area contributed by atoms with Crippen molar-refractivity contribution >= 4 is 46.5 Å². The smallest absolute Gasteiger partial charge is 0.356 e. The van der Waals surface area contributed by atoms with Crippen molar-refractivity contribution in [2.75, 3.05) is 24.7 Å². The SMILES string of the molecule is CCOC(=O)c1c(SCCSc2c(C#N)c3c(C)cc(C)cn3c2C(=O)OCC)c(C#N)c2c(C)cc(C)cn12. The van der Waals surface area contributed by atoms with Gasteiger partial charge in [0.2, 0.25) is 0 Å². The van der Waals surface area contributed by atoms with Crippen LogP contribution in [0.5, 0.6) is 0 Å². The number of ether oxygens (including phenoxy) is 2. The zero-order chi connectivity index (χ0) is 29.1. The van der Waals surface area contributed by atoms with Crippen molar-refractivity contribution in [2.45, 2.75) is 51.3 Å². The standard InChI is InChI=1S/C30H30N4O4S2/c1-7-37-29(35)25-27(21(13-31)23-19(5)11-17(3)15-33(23)25)39-9-10-40-28-22(14-32)24-20(6)12-18(4)16-34(24)26(28)30(36)38-8-2/h11-12,15-16H,7-10H2,1-6H3. The fraction of sp³-hybridized carbons (Fsp3) is 0.333. The monoisotopic (exact) mass is 574 g/mol. The number of aryl methyl sites for hydroxylation is 4. The number of pyridine rings is 2. The molecule has 0 spiro atoms. The van der Waals surface area contributed by atoms with Crippen LogP contribution < -0.4 is 0 Å². The van der Waals surface area contributed by atoms with Gasteiger partial charge in [0.05, 0.1) is 45.2 Å². The number of nitrogens with zero attached hydrogens (tertiary/aromatic N) is 4. The highest BCUT2D eigenvalue weighted by atomic mass is 32.2. The van der Waals surface area contributed by atoms with E-state index >= 15 is 0 Å². The molecule has 206 valence electrons. The summed E-state index contributed by atoms with van der Waals surface area (Å²) in [6.07, 6.45) is 3.69. The molecule has 0 saturated carbocycles. The first-order valence-electron chi connectivity index (χ1n) is 12.9. The summed E-state index contributed by atoms with van der Waals surface area (Å²) in [4.78, 5) is 27.2. The Hall–Kier alpha value is -3.86. The maximum absolute atomic E-state index is 13.0. The number of nitriles is 2. The van der Waals surface area contributed by atoms with Crippen LogP contribution in [0.2, 0.25) is 0 Å². The van der Waals surface area contributed by atoms with Crippen LogP contribution in [0.4, 0.5) is 0 Å². The molecule has 0 aromatic carbocycles. The van der Waals surface area contributed by atoms with Gasteiger partial charge in [-0.3, -0.25) is 0 Å². The first kappa shape index (κ1) is 29.1. The van der Waals surface area contributed by atoms with Gasteiger partial charge in [0.15, 0.2) is 0 Å². The molecular formula is C30H30N4O4S2. The highest BCUT2D eigenvalue weighted by Gasteiger charge is 2.28. The molecule has 0 N–H and O–H groups in total. The second kappa shape index (κ2) is 12.1. The molecule has 4 aromatic heterocycles. The predicted octanol–water partition coefficient (Wildman–Crippen LogP) is 6.41. The summed E-state index contributed by atoms with van der Waals surface area (Å²) in [7, 11) is 0. The molecule has 0 saturated heterocycles. The Balaban J connectivity index is 1.72. The number of esters is 2. The maximum Gasteiger partial charge on any atom is 0.356 e.